The monoisotopic (exact) mass is 454 g/mol. The first-order valence-corrected chi connectivity index (χ1v) is 11.4. The Kier molecular flexibility index (Phi) is 8.60. The minimum Gasteiger partial charge on any atom is -0.491 e. The van der Waals surface area contributed by atoms with Crippen molar-refractivity contribution in [3.63, 3.8) is 0 Å². The molecule has 0 aromatic heterocycles. The average Bonchev–Trinajstić information content (AvgIpc) is 3.01. The van der Waals surface area contributed by atoms with E-state index in [0.29, 0.717) is 36.6 Å². The summed E-state index contributed by atoms with van der Waals surface area (Å²) in [6, 6.07) is 12.7. The molecule has 2 aromatic rings. The molecule has 3 rings (SSSR count). The number of benzene rings is 2. The van der Waals surface area contributed by atoms with E-state index in [1.165, 1.54) is 29.2 Å². The molecule has 0 saturated carbocycles. The lowest BCUT2D eigenvalue weighted by molar-refractivity contribution is -0.137. The van der Waals surface area contributed by atoms with Gasteiger partial charge in [0.15, 0.2) is 0 Å². The molecule has 0 radical (unpaired) electrons. The zero-order chi connectivity index (χ0) is 23.8. The second-order valence-electron chi connectivity index (χ2n) is 8.15. The Morgan fingerprint density at radius 3 is 2.24 bits per heavy atom. The maximum atomic E-state index is 13.5. The van der Waals surface area contributed by atoms with Crippen LogP contribution in [0.2, 0.25) is 0 Å². The largest absolute Gasteiger partial charge is 0.491 e. The molecule has 1 N–H and O–H groups in total. The lowest BCUT2D eigenvalue weighted by atomic mass is 10.0. The standard InChI is InChI=1S/C26H31FN2O4/c1-4-5-16-32-17-6-15-29-25(30)23(19-7-9-20(27)10-8-19)24(26(29)31)28-21-11-13-22(14-12-21)33-18(2)3/h7-14,18,28H,4-6,15-17H2,1-3H3. The molecule has 0 atom stereocenters. The van der Waals surface area contributed by atoms with E-state index in [1.807, 2.05) is 13.8 Å². The topological polar surface area (TPSA) is 67.9 Å². The van der Waals surface area contributed by atoms with Crippen LogP contribution in [-0.2, 0) is 14.3 Å². The molecule has 0 unspecified atom stereocenters. The summed E-state index contributed by atoms with van der Waals surface area (Å²) in [5.74, 6) is -0.507. The number of carbonyl (C=O) groups excluding carboxylic acids is 2. The molecule has 2 amide bonds. The molecule has 0 saturated heterocycles. The van der Waals surface area contributed by atoms with Crippen LogP contribution >= 0.6 is 0 Å². The first kappa shape index (κ1) is 24.5. The number of nitrogens with one attached hydrogen (secondary N) is 1. The maximum Gasteiger partial charge on any atom is 0.278 e. The summed E-state index contributed by atoms with van der Waals surface area (Å²) in [5.41, 5.74) is 1.54. The van der Waals surface area contributed by atoms with Crippen molar-refractivity contribution in [1.29, 1.82) is 0 Å². The molecule has 6 nitrogen and oxygen atoms in total. The Morgan fingerprint density at radius 1 is 0.939 bits per heavy atom. The van der Waals surface area contributed by atoms with E-state index >= 15 is 0 Å². The van der Waals surface area contributed by atoms with Gasteiger partial charge in [-0.25, -0.2) is 4.39 Å². The summed E-state index contributed by atoms with van der Waals surface area (Å²) in [5, 5.41) is 3.10. The normalized spacial score (nSPS) is 13.9. The maximum absolute atomic E-state index is 13.5. The van der Waals surface area contributed by atoms with Crippen LogP contribution < -0.4 is 10.1 Å². The summed E-state index contributed by atoms with van der Waals surface area (Å²) in [6.07, 6.45) is 2.62. The Labute approximate surface area is 194 Å². The van der Waals surface area contributed by atoms with Crippen LogP contribution in [0.15, 0.2) is 54.2 Å². The Bertz CT molecular complexity index is 984. The van der Waals surface area contributed by atoms with Gasteiger partial charge in [-0.2, -0.15) is 0 Å². The van der Waals surface area contributed by atoms with E-state index < -0.39 is 17.6 Å². The second kappa shape index (κ2) is 11.6. The van der Waals surface area contributed by atoms with Crippen LogP contribution in [0.3, 0.4) is 0 Å². The van der Waals surface area contributed by atoms with Crippen LogP contribution in [0.1, 0.15) is 45.6 Å². The van der Waals surface area contributed by atoms with Crippen molar-refractivity contribution < 1.29 is 23.5 Å². The molecule has 33 heavy (non-hydrogen) atoms. The molecular weight excluding hydrogens is 423 g/mol. The van der Waals surface area contributed by atoms with Crippen molar-refractivity contribution in [2.24, 2.45) is 0 Å². The summed E-state index contributed by atoms with van der Waals surface area (Å²) in [7, 11) is 0. The third kappa shape index (κ3) is 6.42. The van der Waals surface area contributed by atoms with Crippen molar-refractivity contribution in [1.82, 2.24) is 4.90 Å². The van der Waals surface area contributed by atoms with Crippen LogP contribution in [0, 0.1) is 5.82 Å². The first-order chi connectivity index (χ1) is 15.9. The number of rotatable bonds is 12. The van der Waals surface area contributed by atoms with Crippen LogP contribution in [0.4, 0.5) is 10.1 Å². The summed E-state index contributed by atoms with van der Waals surface area (Å²) >= 11 is 0. The third-order valence-electron chi connectivity index (χ3n) is 5.11. The molecule has 0 bridgehead atoms. The molecule has 1 heterocycles. The molecular formula is C26H31FN2O4. The van der Waals surface area contributed by atoms with Gasteiger partial charge in [-0.3, -0.25) is 14.5 Å². The Balaban J connectivity index is 1.80. The molecule has 7 heteroatoms. The van der Waals surface area contributed by atoms with Crippen molar-refractivity contribution in [3.8, 4) is 5.75 Å². The summed E-state index contributed by atoms with van der Waals surface area (Å²) in [6.45, 7) is 7.37. The lowest BCUT2D eigenvalue weighted by Gasteiger charge is -2.15. The van der Waals surface area contributed by atoms with Gasteiger partial charge >= 0.3 is 0 Å². The van der Waals surface area contributed by atoms with Gasteiger partial charge in [0.2, 0.25) is 0 Å². The number of amides is 2. The smallest absolute Gasteiger partial charge is 0.278 e. The molecule has 0 fully saturated rings. The second-order valence-corrected chi connectivity index (χ2v) is 8.15. The van der Waals surface area contributed by atoms with E-state index in [4.69, 9.17) is 9.47 Å². The number of unbranched alkanes of at least 4 members (excludes halogenated alkanes) is 1. The van der Waals surface area contributed by atoms with Gasteiger partial charge < -0.3 is 14.8 Å². The number of hydrogen-bond acceptors (Lipinski definition) is 5. The molecule has 0 aliphatic carbocycles. The summed E-state index contributed by atoms with van der Waals surface area (Å²) in [4.78, 5) is 27.6. The predicted molar refractivity (Wildman–Crippen MR) is 126 cm³/mol. The van der Waals surface area contributed by atoms with Crippen LogP contribution in [-0.4, -0.2) is 42.6 Å². The highest BCUT2D eigenvalue weighted by molar-refractivity contribution is 6.36. The molecule has 1 aliphatic rings. The van der Waals surface area contributed by atoms with Gasteiger partial charge in [0, 0.05) is 25.4 Å². The average molecular weight is 455 g/mol. The fraction of sp³-hybridized carbons (Fsp3) is 0.385. The van der Waals surface area contributed by atoms with E-state index in [1.54, 1.807) is 24.3 Å². The van der Waals surface area contributed by atoms with Gasteiger partial charge in [-0.1, -0.05) is 25.5 Å². The van der Waals surface area contributed by atoms with E-state index in [0.717, 1.165) is 12.8 Å². The number of anilines is 1. The zero-order valence-electron chi connectivity index (χ0n) is 19.4. The van der Waals surface area contributed by atoms with Crippen molar-refractivity contribution in [2.75, 3.05) is 25.1 Å². The highest BCUT2D eigenvalue weighted by Gasteiger charge is 2.38. The van der Waals surface area contributed by atoms with Crippen LogP contribution in [0.5, 0.6) is 5.75 Å². The van der Waals surface area contributed by atoms with Gasteiger partial charge in [-0.15, -0.1) is 0 Å². The van der Waals surface area contributed by atoms with Gasteiger partial charge in [0.05, 0.1) is 11.7 Å². The van der Waals surface area contributed by atoms with Crippen molar-refractivity contribution in [3.05, 3.63) is 65.6 Å². The number of nitrogens with zero attached hydrogens (tertiary/aromatic N) is 1. The minimum absolute atomic E-state index is 0.0464. The fourth-order valence-electron chi connectivity index (χ4n) is 3.49. The van der Waals surface area contributed by atoms with Gasteiger partial charge in [-0.05, 0) is 68.7 Å². The van der Waals surface area contributed by atoms with Gasteiger partial charge in [0.25, 0.3) is 11.8 Å². The predicted octanol–water partition coefficient (Wildman–Crippen LogP) is 5.01. The first-order valence-electron chi connectivity index (χ1n) is 11.4. The van der Waals surface area contributed by atoms with Crippen LogP contribution in [0.25, 0.3) is 5.57 Å². The van der Waals surface area contributed by atoms with E-state index in [9.17, 15) is 14.0 Å². The SMILES string of the molecule is CCCCOCCCN1C(=O)C(Nc2ccc(OC(C)C)cc2)=C(c2ccc(F)cc2)C1=O. The van der Waals surface area contributed by atoms with E-state index in [2.05, 4.69) is 12.2 Å². The molecule has 176 valence electrons. The molecule has 0 spiro atoms. The number of carbonyl (C=O) groups is 2. The Hall–Kier alpha value is -3.19. The lowest BCUT2D eigenvalue weighted by Crippen LogP contribution is -2.34. The number of hydrogen-bond donors (Lipinski definition) is 1. The highest BCUT2D eigenvalue weighted by Crippen LogP contribution is 2.31. The van der Waals surface area contributed by atoms with E-state index in [-0.39, 0.29) is 23.9 Å². The zero-order valence-corrected chi connectivity index (χ0v) is 19.4. The van der Waals surface area contributed by atoms with Gasteiger partial charge in [0.1, 0.15) is 17.3 Å². The fourth-order valence-corrected chi connectivity index (χ4v) is 3.49. The molecule has 1 aliphatic heterocycles. The quantitative estimate of drug-likeness (QED) is 0.361. The van der Waals surface area contributed by atoms with Crippen molar-refractivity contribution in [2.45, 2.75) is 46.1 Å². The third-order valence-corrected chi connectivity index (χ3v) is 5.11. The van der Waals surface area contributed by atoms with Crippen molar-refractivity contribution >= 4 is 23.1 Å². The number of ether oxygens (including phenoxy) is 2. The summed E-state index contributed by atoms with van der Waals surface area (Å²) < 4.78 is 24.7. The number of imide groups is 1. The number of halogens is 1. The minimum atomic E-state index is -0.410. The Morgan fingerprint density at radius 2 is 1.61 bits per heavy atom. The highest BCUT2D eigenvalue weighted by atomic mass is 19.1. The molecule has 2 aromatic carbocycles.